The molecule has 0 bridgehead atoms. The van der Waals surface area contributed by atoms with Gasteiger partial charge in [-0.2, -0.15) is 21.8 Å². The fourth-order valence-electron chi connectivity index (χ4n) is 4.51. The highest BCUT2D eigenvalue weighted by Gasteiger charge is 2.41. The van der Waals surface area contributed by atoms with E-state index in [1.807, 2.05) is 30.3 Å². The Morgan fingerprint density at radius 2 is 1.63 bits per heavy atom. The Bertz CT molecular complexity index is 1430. The van der Waals surface area contributed by atoms with Crippen molar-refractivity contribution in [1.29, 1.82) is 0 Å². The van der Waals surface area contributed by atoms with Gasteiger partial charge in [-0.1, -0.05) is 30.3 Å². The van der Waals surface area contributed by atoms with Gasteiger partial charge in [-0.25, -0.2) is 26.6 Å². The van der Waals surface area contributed by atoms with E-state index in [-0.39, 0.29) is 62.0 Å². The monoisotopic (exact) mass is 641 g/mol. The molecule has 228 valence electrons. The van der Waals surface area contributed by atoms with Crippen LogP contribution in [0.5, 0.6) is 0 Å². The lowest BCUT2D eigenvalue weighted by molar-refractivity contribution is -0.192. The zero-order valence-electron chi connectivity index (χ0n) is 21.9. The van der Waals surface area contributed by atoms with Gasteiger partial charge in [0.05, 0.1) is 12.2 Å². The highest BCUT2D eigenvalue weighted by atomic mass is 32.2. The molecule has 12 nitrogen and oxygen atoms in total. The molecule has 2 aliphatic rings. The van der Waals surface area contributed by atoms with Crippen molar-refractivity contribution in [3.63, 3.8) is 0 Å². The van der Waals surface area contributed by atoms with E-state index >= 15 is 0 Å². The van der Waals surface area contributed by atoms with E-state index in [1.54, 1.807) is 4.90 Å². The number of thiazole rings is 1. The summed E-state index contributed by atoms with van der Waals surface area (Å²) in [5, 5.41) is 7.12. The molecular weight excluding hydrogens is 611 g/mol. The minimum absolute atomic E-state index is 0.0189. The first kappa shape index (κ1) is 32.9. The molecule has 0 radical (unpaired) electrons. The Morgan fingerprint density at radius 1 is 1.05 bits per heavy atom. The summed E-state index contributed by atoms with van der Waals surface area (Å²) in [5.41, 5.74) is 6.61. The van der Waals surface area contributed by atoms with Crippen LogP contribution in [0.25, 0.3) is 0 Å². The van der Waals surface area contributed by atoms with E-state index in [1.165, 1.54) is 14.8 Å². The van der Waals surface area contributed by atoms with Gasteiger partial charge in [0.2, 0.25) is 20.3 Å². The number of aromatic nitrogens is 1. The number of alkyl halides is 3. The number of hydrogen-bond acceptors (Lipinski definition) is 9. The average Bonchev–Trinajstić information content (AvgIpc) is 3.43. The van der Waals surface area contributed by atoms with Crippen LogP contribution in [0.1, 0.15) is 22.8 Å². The zero-order valence-corrected chi connectivity index (χ0v) is 24.3. The van der Waals surface area contributed by atoms with Crippen LogP contribution in [0.4, 0.5) is 13.2 Å². The molecule has 2 fully saturated rings. The Labute approximate surface area is 239 Å². The van der Waals surface area contributed by atoms with Gasteiger partial charge in [-0.15, -0.1) is 11.3 Å². The van der Waals surface area contributed by atoms with E-state index < -0.39 is 38.1 Å². The number of nitrogens with two attached hydrogens (primary N) is 1. The molecule has 1 aromatic carbocycles. The lowest BCUT2D eigenvalue weighted by Gasteiger charge is -2.40. The number of piperazine rings is 1. The number of carbonyl (C=O) groups is 2. The maximum absolute atomic E-state index is 13.5. The van der Waals surface area contributed by atoms with Gasteiger partial charge < -0.3 is 15.7 Å². The van der Waals surface area contributed by atoms with Crippen molar-refractivity contribution in [2.24, 2.45) is 11.7 Å². The van der Waals surface area contributed by atoms with E-state index in [9.17, 15) is 34.8 Å². The van der Waals surface area contributed by atoms with E-state index in [0.29, 0.717) is 11.3 Å². The average molecular weight is 642 g/mol. The molecule has 1 aromatic heterocycles. The Balaban J connectivity index is 0.000000587. The van der Waals surface area contributed by atoms with Crippen molar-refractivity contribution in [1.82, 2.24) is 18.5 Å². The molecule has 4 rings (SSSR count). The number of nitrogens with zero attached hydrogens (tertiary/aromatic N) is 4. The number of amides is 1. The summed E-state index contributed by atoms with van der Waals surface area (Å²) in [6.45, 7) is 1.59. The van der Waals surface area contributed by atoms with Crippen LogP contribution < -0.4 is 5.73 Å². The lowest BCUT2D eigenvalue weighted by Crippen LogP contribution is -2.54. The van der Waals surface area contributed by atoms with E-state index in [0.717, 1.165) is 23.2 Å². The quantitative estimate of drug-likeness (QED) is 0.469. The molecule has 41 heavy (non-hydrogen) atoms. The molecule has 1 amide bonds. The molecule has 0 spiro atoms. The van der Waals surface area contributed by atoms with Gasteiger partial charge in [-0.3, -0.25) is 4.79 Å². The van der Waals surface area contributed by atoms with Crippen LogP contribution in [-0.4, -0.2) is 104 Å². The highest BCUT2D eigenvalue weighted by molar-refractivity contribution is 7.91. The second kappa shape index (κ2) is 13.1. The van der Waals surface area contributed by atoms with Crippen molar-refractivity contribution >= 4 is 43.3 Å². The molecule has 0 saturated carbocycles. The largest absolute Gasteiger partial charge is 0.490 e. The summed E-state index contributed by atoms with van der Waals surface area (Å²) in [7, 11) is -7.20. The molecule has 0 aliphatic carbocycles. The molecule has 18 heteroatoms. The van der Waals surface area contributed by atoms with Crippen molar-refractivity contribution in [3.8, 4) is 0 Å². The van der Waals surface area contributed by atoms with Crippen LogP contribution in [0.15, 0.2) is 40.9 Å². The molecule has 3 heterocycles. The zero-order chi connectivity index (χ0) is 30.6. The molecule has 2 aliphatic heterocycles. The van der Waals surface area contributed by atoms with Crippen LogP contribution in [0.3, 0.4) is 0 Å². The first-order chi connectivity index (χ1) is 19.0. The van der Waals surface area contributed by atoms with Gasteiger partial charge in [-0.05, 0) is 17.9 Å². The highest BCUT2D eigenvalue weighted by Crippen LogP contribution is 2.35. The third-order valence-corrected chi connectivity index (χ3v) is 11.1. The van der Waals surface area contributed by atoms with Gasteiger partial charge in [0.1, 0.15) is 0 Å². The normalized spacial score (nSPS) is 21.1. The van der Waals surface area contributed by atoms with Crippen molar-refractivity contribution in [2.75, 3.05) is 45.5 Å². The van der Waals surface area contributed by atoms with Crippen molar-refractivity contribution in [2.45, 2.75) is 29.4 Å². The number of hydrogen-bond donors (Lipinski definition) is 2. The fourth-order valence-corrected chi connectivity index (χ4v) is 8.08. The van der Waals surface area contributed by atoms with E-state index in [2.05, 4.69) is 4.98 Å². The summed E-state index contributed by atoms with van der Waals surface area (Å²) < 4.78 is 84.9. The number of benzene rings is 1. The van der Waals surface area contributed by atoms with Gasteiger partial charge in [0.15, 0.2) is 0 Å². The maximum atomic E-state index is 13.5. The second-order valence-electron chi connectivity index (χ2n) is 9.45. The Kier molecular flexibility index (Phi) is 10.5. The Morgan fingerprint density at radius 3 is 2.12 bits per heavy atom. The summed E-state index contributed by atoms with van der Waals surface area (Å²) in [4.78, 5) is 28.7. The number of sulfonamides is 2. The minimum Gasteiger partial charge on any atom is -0.475 e. The number of piperidine rings is 1. The topological polar surface area (TPSA) is 171 Å². The first-order valence-corrected chi connectivity index (χ1v) is 16.4. The number of aliphatic carboxylic acids is 1. The number of carbonyl (C=O) groups excluding carboxylic acids is 1. The summed E-state index contributed by atoms with van der Waals surface area (Å²) in [5.74, 6) is -3.58. The number of halogens is 3. The van der Waals surface area contributed by atoms with Crippen LogP contribution >= 0.6 is 11.3 Å². The maximum Gasteiger partial charge on any atom is 0.490 e. The standard InChI is InChI=1S/C21H29N5O5S3.C2HF3O2/c1-33(28,29)25-9-7-24(8-10-25)20(27)18-11-17(16-5-3-2-4-6-16)14-26(15-18)34(30,31)21-23-13-19(12-22)32-21;3-2(4,5)1(6)7/h2-6,13,17-18H,7-12,14-15,22H2,1H3;(H,6,7)/t17-,18-;/m0./s1. The predicted octanol–water partition coefficient (Wildman–Crippen LogP) is 1.13. The second-order valence-corrected chi connectivity index (χ2v) is 14.7. The van der Waals surface area contributed by atoms with Gasteiger partial charge in [0, 0.05) is 56.9 Å². The molecule has 2 aromatic rings. The van der Waals surface area contributed by atoms with Gasteiger partial charge >= 0.3 is 12.1 Å². The summed E-state index contributed by atoms with van der Waals surface area (Å²) in [6, 6.07) is 9.59. The molecule has 2 saturated heterocycles. The number of rotatable bonds is 6. The first-order valence-electron chi connectivity index (χ1n) is 12.3. The van der Waals surface area contributed by atoms with E-state index in [4.69, 9.17) is 15.6 Å². The smallest absolute Gasteiger partial charge is 0.475 e. The van der Waals surface area contributed by atoms with Crippen molar-refractivity contribution in [3.05, 3.63) is 47.0 Å². The molecule has 3 N–H and O–H groups in total. The Hall–Kier alpha value is -2.64. The molecule has 2 atom stereocenters. The third kappa shape index (κ3) is 8.45. The molecule has 0 unspecified atom stereocenters. The summed E-state index contributed by atoms with van der Waals surface area (Å²) >= 11 is 1.05. The van der Waals surface area contributed by atoms with Crippen LogP contribution in [-0.2, 0) is 36.2 Å². The number of carboxylic acids is 1. The van der Waals surface area contributed by atoms with Crippen LogP contribution in [0, 0.1) is 5.92 Å². The van der Waals surface area contributed by atoms with Crippen LogP contribution in [0.2, 0.25) is 0 Å². The summed E-state index contributed by atoms with van der Waals surface area (Å²) in [6.07, 6.45) is -1.93. The SMILES string of the molecule is CS(=O)(=O)N1CCN(C(=O)[C@H]2C[C@H](c3ccccc3)CN(S(=O)(=O)c3ncc(CN)s3)C2)CC1.O=C(O)C(F)(F)F. The minimum atomic E-state index is -5.08. The predicted molar refractivity (Wildman–Crippen MR) is 143 cm³/mol. The van der Waals surface area contributed by atoms with Gasteiger partial charge in [0.25, 0.3) is 10.0 Å². The number of carboxylic acid groups (broad SMARTS) is 1. The third-order valence-electron chi connectivity index (χ3n) is 6.59. The molecular formula is C23H30F3N5O7S3. The fraction of sp³-hybridized carbons (Fsp3) is 0.522. The van der Waals surface area contributed by atoms with Crippen molar-refractivity contribution < 1.29 is 44.7 Å². The lowest BCUT2D eigenvalue weighted by atomic mass is 9.85.